The van der Waals surface area contributed by atoms with Crippen LogP contribution in [0.15, 0.2) is 76.8 Å². The molecule has 0 aliphatic heterocycles. The van der Waals surface area contributed by atoms with Crippen LogP contribution in [0, 0.1) is 0 Å². The van der Waals surface area contributed by atoms with Crippen molar-refractivity contribution in [3.8, 4) is 17.4 Å². The summed E-state index contributed by atoms with van der Waals surface area (Å²) in [7, 11) is 3.32. The Bertz CT molecular complexity index is 1790. The first-order valence-electron chi connectivity index (χ1n) is 14.5. The number of H-pyrrole nitrogens is 1. The van der Waals surface area contributed by atoms with E-state index in [0.29, 0.717) is 24.8 Å². The molecular weight excluding hydrogens is 647 g/mol. The second-order valence-electron chi connectivity index (χ2n) is 10.3. The van der Waals surface area contributed by atoms with Crippen molar-refractivity contribution in [3.05, 3.63) is 104 Å². The minimum Gasteiger partial charge on any atom is -0.497 e. The third-order valence-electron chi connectivity index (χ3n) is 7.33. The number of methoxy groups -OCH3 is 2. The Balaban J connectivity index is 1.33. The first-order valence-corrected chi connectivity index (χ1v) is 16.4. The summed E-state index contributed by atoms with van der Waals surface area (Å²) in [5, 5.41) is 4.21. The molecule has 0 aliphatic rings. The fraction of sp³-hybridized carbons (Fsp3) is 0.273. The number of thioether (sulfide) groups is 1. The molecule has 1 atom stereocenters. The van der Waals surface area contributed by atoms with Gasteiger partial charge < -0.3 is 29.4 Å². The average Bonchev–Trinajstić information content (AvgIpc) is 3.08. The van der Waals surface area contributed by atoms with Gasteiger partial charge in [-0.25, -0.2) is 9.97 Å². The van der Waals surface area contributed by atoms with Crippen LogP contribution >= 0.6 is 35.0 Å². The number of hydrogen-bond acceptors (Lipinski definition) is 10. The highest BCUT2D eigenvalue weighted by molar-refractivity contribution is 7.98. The van der Waals surface area contributed by atoms with Crippen LogP contribution in [0.1, 0.15) is 29.7 Å². The van der Waals surface area contributed by atoms with Crippen LogP contribution in [0.2, 0.25) is 10.2 Å². The molecule has 2 N–H and O–H groups in total. The molecule has 5 rings (SSSR count). The van der Waals surface area contributed by atoms with Crippen molar-refractivity contribution < 1.29 is 14.2 Å². The highest BCUT2D eigenvalue weighted by atomic mass is 35.5. The van der Waals surface area contributed by atoms with Crippen LogP contribution in [0.3, 0.4) is 0 Å². The molecule has 3 aromatic heterocycles. The molecule has 0 saturated carbocycles. The van der Waals surface area contributed by atoms with E-state index in [1.807, 2.05) is 30.3 Å². The highest BCUT2D eigenvalue weighted by Crippen LogP contribution is 2.32. The molecule has 0 saturated heterocycles. The lowest BCUT2D eigenvalue weighted by atomic mass is 10.1. The van der Waals surface area contributed by atoms with Gasteiger partial charge in [0.05, 0.1) is 14.2 Å². The van der Waals surface area contributed by atoms with E-state index in [9.17, 15) is 4.79 Å². The Kier molecular flexibility index (Phi) is 11.2. The zero-order chi connectivity index (χ0) is 32.6. The van der Waals surface area contributed by atoms with Gasteiger partial charge >= 0.3 is 0 Å². The number of anilines is 1. The van der Waals surface area contributed by atoms with Gasteiger partial charge in [0.25, 0.3) is 5.56 Å². The van der Waals surface area contributed by atoms with Gasteiger partial charge in [-0.05, 0) is 54.6 Å². The minimum atomic E-state index is -0.398. The van der Waals surface area contributed by atoms with Gasteiger partial charge in [0.15, 0.2) is 10.3 Å². The van der Waals surface area contributed by atoms with E-state index in [1.165, 1.54) is 11.8 Å². The summed E-state index contributed by atoms with van der Waals surface area (Å²) in [6.07, 6.45) is 3.61. The van der Waals surface area contributed by atoms with Crippen LogP contribution in [0.5, 0.6) is 17.4 Å². The molecule has 0 unspecified atom stereocenters. The van der Waals surface area contributed by atoms with E-state index >= 15 is 0 Å². The minimum absolute atomic E-state index is 0.0180. The SMILES string of the molecule is COc1ccc(CN(Cc2ccc(OC)cc2)c2ncccc2[C@@H](C)NCCOc2nc(Cl)c(Cl)c3nc(SC)[nH]c(=O)c23)cc1. The topological polar surface area (TPSA) is 114 Å². The first kappa shape index (κ1) is 33.3. The van der Waals surface area contributed by atoms with Gasteiger partial charge in [-0.2, -0.15) is 4.98 Å². The zero-order valence-electron chi connectivity index (χ0n) is 25.8. The molecule has 0 bridgehead atoms. The maximum atomic E-state index is 12.8. The smallest absolute Gasteiger partial charge is 0.264 e. The molecule has 46 heavy (non-hydrogen) atoms. The van der Waals surface area contributed by atoms with Crippen LogP contribution in [0.4, 0.5) is 5.82 Å². The van der Waals surface area contributed by atoms with Crippen molar-refractivity contribution in [3.63, 3.8) is 0 Å². The van der Waals surface area contributed by atoms with Crippen molar-refractivity contribution >= 4 is 51.7 Å². The number of aromatic amines is 1. The Hall–Kier alpha value is -4.03. The van der Waals surface area contributed by atoms with E-state index in [0.717, 1.165) is 34.0 Å². The molecule has 0 aliphatic carbocycles. The number of nitrogens with zero attached hydrogens (tertiary/aromatic N) is 4. The number of rotatable bonds is 14. The summed E-state index contributed by atoms with van der Waals surface area (Å²) < 4.78 is 16.7. The number of pyridine rings is 2. The molecule has 2 aromatic carbocycles. The summed E-state index contributed by atoms with van der Waals surface area (Å²) in [6.45, 7) is 4.00. The van der Waals surface area contributed by atoms with E-state index in [-0.39, 0.29) is 39.6 Å². The van der Waals surface area contributed by atoms with Crippen molar-refractivity contribution in [2.75, 3.05) is 38.5 Å². The predicted octanol–water partition coefficient (Wildman–Crippen LogP) is 6.70. The van der Waals surface area contributed by atoms with Gasteiger partial charge in [-0.15, -0.1) is 0 Å². The molecule has 10 nitrogen and oxygen atoms in total. The molecule has 13 heteroatoms. The van der Waals surface area contributed by atoms with Crippen molar-refractivity contribution in [1.82, 2.24) is 25.3 Å². The van der Waals surface area contributed by atoms with E-state index in [4.69, 9.17) is 42.4 Å². The lowest BCUT2D eigenvalue weighted by Crippen LogP contribution is -2.29. The maximum absolute atomic E-state index is 12.8. The standard InChI is InChI=1S/C33H34Cl2N6O4S/c1-20(36-16-17-45-32-26-28(27(34)29(35)39-32)38-33(46-4)40-31(26)42)25-6-5-15-37-30(25)41(18-21-7-11-23(43-2)12-8-21)19-22-9-13-24(44-3)14-10-22/h5-15,20,36H,16-19H2,1-4H3,(H,38,40,42)/t20-/m1/s1. The molecule has 3 heterocycles. The highest BCUT2D eigenvalue weighted by Gasteiger charge is 2.20. The Labute approximate surface area is 281 Å². The summed E-state index contributed by atoms with van der Waals surface area (Å²) in [5.41, 5.74) is 3.11. The molecular formula is C33H34Cl2N6O4S. The van der Waals surface area contributed by atoms with Gasteiger partial charge in [0, 0.05) is 37.4 Å². The lowest BCUT2D eigenvalue weighted by Gasteiger charge is -2.28. The average molecular weight is 682 g/mol. The maximum Gasteiger partial charge on any atom is 0.264 e. The largest absolute Gasteiger partial charge is 0.497 e. The van der Waals surface area contributed by atoms with E-state index < -0.39 is 5.56 Å². The van der Waals surface area contributed by atoms with Crippen LogP contribution in [-0.4, -0.2) is 53.6 Å². The van der Waals surface area contributed by atoms with Gasteiger partial charge in [0.2, 0.25) is 5.88 Å². The normalized spacial score (nSPS) is 11.8. The lowest BCUT2D eigenvalue weighted by molar-refractivity contribution is 0.300. The predicted molar refractivity (Wildman–Crippen MR) is 184 cm³/mol. The number of fused-ring (bicyclic) bond motifs is 1. The summed E-state index contributed by atoms with van der Waals surface area (Å²) >= 11 is 13.9. The summed E-state index contributed by atoms with van der Waals surface area (Å²) in [5.74, 6) is 2.54. The Morgan fingerprint density at radius 1 is 0.957 bits per heavy atom. The summed E-state index contributed by atoms with van der Waals surface area (Å²) in [4.78, 5) is 31.2. The molecule has 0 fully saturated rings. The molecule has 0 amide bonds. The molecule has 0 spiro atoms. The van der Waals surface area contributed by atoms with E-state index in [2.05, 4.69) is 62.4 Å². The molecule has 240 valence electrons. The van der Waals surface area contributed by atoms with Crippen LogP contribution < -0.4 is 30.0 Å². The Morgan fingerprint density at radius 2 is 1.59 bits per heavy atom. The quantitative estimate of drug-likeness (QED) is 0.0569. The monoisotopic (exact) mass is 680 g/mol. The number of nitrogens with one attached hydrogen (secondary N) is 2. The summed E-state index contributed by atoms with van der Waals surface area (Å²) in [6, 6.07) is 20.0. The van der Waals surface area contributed by atoms with Crippen molar-refractivity contribution in [1.29, 1.82) is 0 Å². The number of aromatic nitrogens is 4. The van der Waals surface area contributed by atoms with E-state index in [1.54, 1.807) is 26.7 Å². The van der Waals surface area contributed by atoms with Crippen LogP contribution in [-0.2, 0) is 13.1 Å². The third-order valence-corrected chi connectivity index (χ3v) is 8.64. The van der Waals surface area contributed by atoms with Gasteiger partial charge in [-0.1, -0.05) is 65.3 Å². The number of hydrogen-bond donors (Lipinski definition) is 2. The van der Waals surface area contributed by atoms with Gasteiger partial charge in [-0.3, -0.25) is 4.79 Å². The van der Waals surface area contributed by atoms with Crippen molar-refractivity contribution in [2.45, 2.75) is 31.2 Å². The Morgan fingerprint density at radius 3 is 2.17 bits per heavy atom. The molecule has 0 radical (unpaired) electrons. The van der Waals surface area contributed by atoms with Gasteiger partial charge in [0.1, 0.15) is 39.8 Å². The fourth-order valence-corrected chi connectivity index (χ4v) is 5.68. The number of ether oxygens (including phenoxy) is 3. The third kappa shape index (κ3) is 7.84. The van der Waals surface area contributed by atoms with Crippen molar-refractivity contribution in [2.24, 2.45) is 0 Å². The second-order valence-corrected chi connectivity index (χ2v) is 11.8. The fourth-order valence-electron chi connectivity index (χ4n) is 4.96. The zero-order valence-corrected chi connectivity index (χ0v) is 28.2. The molecule has 5 aromatic rings. The number of benzene rings is 2. The van der Waals surface area contributed by atoms with Crippen LogP contribution in [0.25, 0.3) is 10.9 Å². The number of halogens is 2. The second kappa shape index (κ2) is 15.5. The first-order chi connectivity index (χ1) is 22.3.